The smallest absolute Gasteiger partial charge is 0.306 e. The van der Waals surface area contributed by atoms with E-state index >= 15 is 0 Å². The second-order valence-electron chi connectivity index (χ2n) is 5.23. The minimum absolute atomic E-state index is 0.0711. The summed E-state index contributed by atoms with van der Waals surface area (Å²) in [4.78, 5) is 11.1. The van der Waals surface area contributed by atoms with Gasteiger partial charge in [0.05, 0.1) is 11.7 Å². The van der Waals surface area contributed by atoms with Crippen LogP contribution < -0.4 is 4.72 Å². The first kappa shape index (κ1) is 15.0. The maximum Gasteiger partial charge on any atom is 0.306 e. The van der Waals surface area contributed by atoms with Gasteiger partial charge >= 0.3 is 5.97 Å². The molecule has 0 aromatic heterocycles. The molecule has 2 rings (SSSR count). The lowest BCUT2D eigenvalue weighted by Crippen LogP contribution is -2.33. The van der Waals surface area contributed by atoms with Crippen molar-refractivity contribution in [2.24, 2.45) is 11.8 Å². The minimum atomic E-state index is -3.41. The van der Waals surface area contributed by atoms with E-state index in [9.17, 15) is 13.2 Å². The monoisotopic (exact) mass is 297 g/mol. The minimum Gasteiger partial charge on any atom is -0.481 e. The number of benzene rings is 1. The highest BCUT2D eigenvalue weighted by molar-refractivity contribution is 7.88. The molecule has 2 unspecified atom stereocenters. The number of carboxylic acids is 1. The van der Waals surface area contributed by atoms with Crippen molar-refractivity contribution in [3.05, 3.63) is 35.9 Å². The largest absolute Gasteiger partial charge is 0.481 e. The fraction of sp³-hybridized carbons (Fsp3) is 0.500. The summed E-state index contributed by atoms with van der Waals surface area (Å²) in [5.74, 6) is -1.42. The van der Waals surface area contributed by atoms with Gasteiger partial charge in [-0.3, -0.25) is 4.79 Å². The molecule has 0 saturated heterocycles. The van der Waals surface area contributed by atoms with E-state index in [-0.39, 0.29) is 18.2 Å². The lowest BCUT2D eigenvalue weighted by Gasteiger charge is -2.16. The molecule has 2 atom stereocenters. The molecule has 20 heavy (non-hydrogen) atoms. The molecule has 2 N–H and O–H groups in total. The van der Waals surface area contributed by atoms with Crippen LogP contribution in [-0.4, -0.2) is 26.0 Å². The molecule has 1 saturated carbocycles. The number of carboxylic acid groups (broad SMARTS) is 1. The van der Waals surface area contributed by atoms with Crippen molar-refractivity contribution in [1.29, 1.82) is 0 Å². The predicted octanol–water partition coefficient (Wildman–Crippen LogP) is 1.61. The van der Waals surface area contributed by atoms with Gasteiger partial charge in [0.1, 0.15) is 0 Å². The molecule has 0 radical (unpaired) electrons. The van der Waals surface area contributed by atoms with Crippen molar-refractivity contribution in [3.63, 3.8) is 0 Å². The highest BCUT2D eigenvalue weighted by Gasteiger charge is 2.33. The van der Waals surface area contributed by atoms with E-state index in [1.165, 1.54) is 0 Å². The third-order valence-electron chi connectivity index (χ3n) is 3.74. The second-order valence-corrected chi connectivity index (χ2v) is 7.04. The molecule has 0 amide bonds. The van der Waals surface area contributed by atoms with Gasteiger partial charge in [0.15, 0.2) is 0 Å². The zero-order valence-electron chi connectivity index (χ0n) is 11.2. The molecule has 0 aliphatic heterocycles. The van der Waals surface area contributed by atoms with Crippen LogP contribution in [0.1, 0.15) is 24.8 Å². The lowest BCUT2D eigenvalue weighted by atomic mass is 9.97. The first-order valence-corrected chi connectivity index (χ1v) is 8.37. The van der Waals surface area contributed by atoms with Gasteiger partial charge in [-0.05, 0) is 24.3 Å². The Bertz CT molecular complexity index is 556. The zero-order valence-corrected chi connectivity index (χ0v) is 12.0. The van der Waals surface area contributed by atoms with Crippen LogP contribution in [0.25, 0.3) is 0 Å². The van der Waals surface area contributed by atoms with E-state index in [4.69, 9.17) is 5.11 Å². The van der Waals surface area contributed by atoms with Crippen LogP contribution >= 0.6 is 0 Å². The molecular weight excluding hydrogens is 278 g/mol. The number of rotatable bonds is 6. The molecule has 0 bridgehead atoms. The van der Waals surface area contributed by atoms with E-state index in [2.05, 4.69) is 4.72 Å². The molecule has 1 aliphatic rings. The van der Waals surface area contributed by atoms with E-state index in [0.29, 0.717) is 6.42 Å². The standard InChI is InChI=1S/C14H19NO4S/c16-14(17)13-8-4-7-12(13)9-15-20(18,19)10-11-5-2-1-3-6-11/h1-3,5-6,12-13,15H,4,7-10H2,(H,16,17). The number of aliphatic carboxylic acids is 1. The summed E-state index contributed by atoms with van der Waals surface area (Å²) in [5.41, 5.74) is 0.723. The van der Waals surface area contributed by atoms with Gasteiger partial charge in [-0.2, -0.15) is 0 Å². The van der Waals surface area contributed by atoms with E-state index in [1.807, 2.05) is 6.07 Å². The Kier molecular flexibility index (Phi) is 4.77. The summed E-state index contributed by atoms with van der Waals surface area (Å²) < 4.78 is 26.5. The summed E-state index contributed by atoms with van der Waals surface area (Å²) in [6, 6.07) is 8.94. The molecule has 1 aromatic rings. The average molecular weight is 297 g/mol. The number of hydrogen-bond donors (Lipinski definition) is 2. The van der Waals surface area contributed by atoms with Gasteiger partial charge in [-0.15, -0.1) is 0 Å². The Morgan fingerprint density at radius 3 is 2.60 bits per heavy atom. The highest BCUT2D eigenvalue weighted by Crippen LogP contribution is 2.31. The summed E-state index contributed by atoms with van der Waals surface area (Å²) in [6.45, 7) is 0.214. The van der Waals surface area contributed by atoms with Gasteiger partial charge in [0, 0.05) is 6.54 Å². The van der Waals surface area contributed by atoms with Gasteiger partial charge in [0.25, 0.3) is 0 Å². The van der Waals surface area contributed by atoms with Crippen LogP contribution in [0, 0.1) is 11.8 Å². The molecule has 110 valence electrons. The Balaban J connectivity index is 1.91. The SMILES string of the molecule is O=C(O)C1CCCC1CNS(=O)(=O)Cc1ccccc1. The summed E-state index contributed by atoms with van der Waals surface area (Å²) in [5, 5.41) is 9.07. The Labute approximate surface area is 119 Å². The Morgan fingerprint density at radius 2 is 1.95 bits per heavy atom. The van der Waals surface area contributed by atoms with Gasteiger partial charge in [-0.1, -0.05) is 36.8 Å². The number of hydrogen-bond acceptors (Lipinski definition) is 3. The van der Waals surface area contributed by atoms with Crippen LogP contribution in [0.15, 0.2) is 30.3 Å². The topological polar surface area (TPSA) is 83.5 Å². The van der Waals surface area contributed by atoms with Crippen LogP contribution in [0.4, 0.5) is 0 Å². The van der Waals surface area contributed by atoms with Gasteiger partial charge in [0.2, 0.25) is 10.0 Å². The molecular formula is C14H19NO4S. The normalized spacial score (nSPS) is 22.8. The number of nitrogens with one attached hydrogen (secondary N) is 1. The molecule has 1 fully saturated rings. The first-order chi connectivity index (χ1) is 9.48. The fourth-order valence-corrected chi connectivity index (χ4v) is 3.89. The fourth-order valence-electron chi connectivity index (χ4n) is 2.68. The van der Waals surface area contributed by atoms with Crippen molar-refractivity contribution in [2.45, 2.75) is 25.0 Å². The molecule has 0 heterocycles. The van der Waals surface area contributed by atoms with Crippen LogP contribution in [0.2, 0.25) is 0 Å². The molecule has 1 aromatic carbocycles. The third kappa shape index (κ3) is 4.05. The van der Waals surface area contributed by atoms with Crippen LogP contribution in [-0.2, 0) is 20.6 Å². The molecule has 6 heteroatoms. The molecule has 5 nitrogen and oxygen atoms in total. The first-order valence-electron chi connectivity index (χ1n) is 6.72. The van der Waals surface area contributed by atoms with Crippen molar-refractivity contribution in [2.75, 3.05) is 6.54 Å². The van der Waals surface area contributed by atoms with Crippen molar-refractivity contribution in [3.8, 4) is 0 Å². The van der Waals surface area contributed by atoms with Crippen molar-refractivity contribution in [1.82, 2.24) is 4.72 Å². The number of sulfonamides is 1. The average Bonchev–Trinajstić information content (AvgIpc) is 2.86. The number of carbonyl (C=O) groups is 1. The maximum absolute atomic E-state index is 12.0. The van der Waals surface area contributed by atoms with E-state index < -0.39 is 21.9 Å². The summed E-state index contributed by atoms with van der Waals surface area (Å²) >= 11 is 0. The maximum atomic E-state index is 12.0. The predicted molar refractivity (Wildman–Crippen MR) is 75.5 cm³/mol. The van der Waals surface area contributed by atoms with E-state index in [0.717, 1.165) is 18.4 Å². The molecule has 0 spiro atoms. The second kappa shape index (κ2) is 6.37. The van der Waals surface area contributed by atoms with Crippen LogP contribution in [0.5, 0.6) is 0 Å². The zero-order chi connectivity index (χ0) is 14.6. The molecule has 1 aliphatic carbocycles. The van der Waals surface area contributed by atoms with Crippen LogP contribution in [0.3, 0.4) is 0 Å². The Morgan fingerprint density at radius 1 is 1.25 bits per heavy atom. The summed E-state index contributed by atoms with van der Waals surface area (Å²) in [6.07, 6.45) is 2.26. The van der Waals surface area contributed by atoms with E-state index in [1.54, 1.807) is 24.3 Å². The quantitative estimate of drug-likeness (QED) is 0.835. The third-order valence-corrected chi connectivity index (χ3v) is 5.06. The Hall–Kier alpha value is -1.40. The highest BCUT2D eigenvalue weighted by atomic mass is 32.2. The van der Waals surface area contributed by atoms with Crippen molar-refractivity contribution < 1.29 is 18.3 Å². The van der Waals surface area contributed by atoms with Crippen molar-refractivity contribution >= 4 is 16.0 Å². The van der Waals surface area contributed by atoms with Gasteiger partial charge in [-0.25, -0.2) is 13.1 Å². The summed E-state index contributed by atoms with van der Waals surface area (Å²) in [7, 11) is -3.41. The lowest BCUT2D eigenvalue weighted by molar-refractivity contribution is -0.142. The van der Waals surface area contributed by atoms with Gasteiger partial charge < -0.3 is 5.11 Å².